The predicted octanol–water partition coefficient (Wildman–Crippen LogP) is 5.14. The van der Waals surface area contributed by atoms with Crippen LogP contribution < -0.4 is 5.32 Å². The Bertz CT molecular complexity index is 929. The molecule has 0 aromatic heterocycles. The highest BCUT2D eigenvalue weighted by atomic mass is 19.4. The molecule has 1 fully saturated rings. The Balaban J connectivity index is 1.74. The Morgan fingerprint density at radius 2 is 1.35 bits per heavy atom. The van der Waals surface area contributed by atoms with Crippen molar-refractivity contribution in [1.29, 1.82) is 0 Å². The molecule has 0 atom stereocenters. The first kappa shape index (κ1) is 22.6. The molecule has 3 rings (SSSR count). The maximum atomic E-state index is 13.0. The lowest BCUT2D eigenvalue weighted by Gasteiger charge is -2.15. The molecule has 2 amide bonds. The van der Waals surface area contributed by atoms with Crippen LogP contribution in [0.15, 0.2) is 42.5 Å². The van der Waals surface area contributed by atoms with Crippen LogP contribution in [-0.2, 0) is 23.6 Å². The zero-order valence-electron chi connectivity index (χ0n) is 16.1. The Labute approximate surface area is 173 Å². The van der Waals surface area contributed by atoms with Gasteiger partial charge in [0.1, 0.15) is 0 Å². The van der Waals surface area contributed by atoms with Crippen molar-refractivity contribution in [3.63, 3.8) is 0 Å². The van der Waals surface area contributed by atoms with Gasteiger partial charge in [0.05, 0.1) is 17.5 Å². The topological polar surface area (TPSA) is 49.4 Å². The average molecular weight is 444 g/mol. The number of hydrogen-bond acceptors (Lipinski definition) is 2. The Kier molecular flexibility index (Phi) is 6.28. The summed E-state index contributed by atoms with van der Waals surface area (Å²) >= 11 is 0. The van der Waals surface area contributed by atoms with E-state index in [9.17, 15) is 35.9 Å². The van der Waals surface area contributed by atoms with Crippen LogP contribution in [0.25, 0.3) is 0 Å². The molecule has 2 aromatic carbocycles. The van der Waals surface area contributed by atoms with Crippen molar-refractivity contribution in [2.45, 2.75) is 31.6 Å². The smallest absolute Gasteiger partial charge is 0.342 e. The summed E-state index contributed by atoms with van der Waals surface area (Å²) in [5.41, 5.74) is -3.05. The van der Waals surface area contributed by atoms with Gasteiger partial charge in [-0.1, -0.05) is 12.1 Å². The molecule has 2 aromatic rings. The summed E-state index contributed by atoms with van der Waals surface area (Å²) in [6.45, 7) is 1.42. The molecule has 1 aliphatic rings. The lowest BCUT2D eigenvalue weighted by atomic mass is 10.0. The lowest BCUT2D eigenvalue weighted by Crippen LogP contribution is -2.29. The summed E-state index contributed by atoms with van der Waals surface area (Å²) < 4.78 is 77.7. The zero-order chi connectivity index (χ0) is 22.8. The van der Waals surface area contributed by atoms with Gasteiger partial charge in [0.25, 0.3) is 5.91 Å². The van der Waals surface area contributed by atoms with Crippen LogP contribution in [0, 0.1) is 0 Å². The van der Waals surface area contributed by atoms with Gasteiger partial charge in [0, 0.05) is 24.3 Å². The third-order valence-corrected chi connectivity index (χ3v) is 4.88. The first-order valence-corrected chi connectivity index (χ1v) is 9.41. The molecular weight excluding hydrogens is 426 g/mol. The minimum Gasteiger partial charge on any atom is -0.342 e. The second-order valence-electron chi connectivity index (χ2n) is 7.21. The van der Waals surface area contributed by atoms with Crippen molar-refractivity contribution < 1.29 is 35.9 Å². The van der Waals surface area contributed by atoms with Gasteiger partial charge in [0.2, 0.25) is 5.91 Å². The van der Waals surface area contributed by atoms with E-state index in [0.29, 0.717) is 30.8 Å². The van der Waals surface area contributed by atoms with E-state index < -0.39 is 35.0 Å². The fourth-order valence-corrected chi connectivity index (χ4v) is 3.25. The second kappa shape index (κ2) is 8.60. The molecule has 1 aliphatic heterocycles. The minimum absolute atomic E-state index is 0.0297. The van der Waals surface area contributed by atoms with E-state index >= 15 is 0 Å². The highest BCUT2D eigenvalue weighted by Crippen LogP contribution is 2.36. The monoisotopic (exact) mass is 444 g/mol. The number of amides is 2. The van der Waals surface area contributed by atoms with E-state index in [1.54, 1.807) is 17.0 Å². The highest BCUT2D eigenvalue weighted by molar-refractivity contribution is 6.04. The number of benzene rings is 2. The Hall–Kier alpha value is -3.04. The van der Waals surface area contributed by atoms with E-state index in [0.717, 1.165) is 12.8 Å². The zero-order valence-corrected chi connectivity index (χ0v) is 16.1. The number of alkyl halides is 6. The number of anilines is 1. The van der Waals surface area contributed by atoms with E-state index in [4.69, 9.17) is 0 Å². The van der Waals surface area contributed by atoms with Crippen molar-refractivity contribution in [1.82, 2.24) is 4.90 Å². The summed E-state index contributed by atoms with van der Waals surface area (Å²) in [6.07, 6.45) is -8.00. The molecule has 1 saturated heterocycles. The first-order chi connectivity index (χ1) is 14.4. The third kappa shape index (κ3) is 5.77. The van der Waals surface area contributed by atoms with Crippen LogP contribution >= 0.6 is 0 Å². The van der Waals surface area contributed by atoms with Gasteiger partial charge in [-0.2, -0.15) is 26.3 Å². The fraction of sp³-hybridized carbons (Fsp3) is 0.333. The molecule has 0 saturated carbocycles. The molecule has 0 aliphatic carbocycles. The number of nitrogens with zero attached hydrogens (tertiary/aromatic N) is 1. The van der Waals surface area contributed by atoms with Crippen LogP contribution in [0.1, 0.15) is 39.9 Å². The molecule has 0 radical (unpaired) electrons. The maximum Gasteiger partial charge on any atom is 0.416 e. The summed E-state index contributed by atoms with van der Waals surface area (Å²) in [6, 6.07) is 6.70. The van der Waals surface area contributed by atoms with Crippen molar-refractivity contribution in [2.24, 2.45) is 0 Å². The SMILES string of the molecule is O=C(Nc1ccc(CC(=O)N2CCCC2)cc1)c1cc(C(F)(F)F)cc(C(F)(F)F)c1. The van der Waals surface area contributed by atoms with E-state index in [1.165, 1.54) is 12.1 Å². The number of hydrogen-bond donors (Lipinski definition) is 1. The van der Waals surface area contributed by atoms with Crippen molar-refractivity contribution in [2.75, 3.05) is 18.4 Å². The molecule has 1 N–H and O–H groups in total. The van der Waals surface area contributed by atoms with Crippen LogP contribution in [0.2, 0.25) is 0 Å². The molecule has 10 heteroatoms. The van der Waals surface area contributed by atoms with Crippen molar-refractivity contribution in [3.8, 4) is 0 Å². The van der Waals surface area contributed by atoms with Crippen LogP contribution in [0.4, 0.5) is 32.0 Å². The van der Waals surface area contributed by atoms with Crippen molar-refractivity contribution in [3.05, 3.63) is 64.7 Å². The summed E-state index contributed by atoms with van der Waals surface area (Å²) in [4.78, 5) is 26.2. The van der Waals surface area contributed by atoms with Gasteiger partial charge in [-0.25, -0.2) is 0 Å². The Morgan fingerprint density at radius 3 is 1.84 bits per heavy atom. The van der Waals surface area contributed by atoms with Crippen LogP contribution in [-0.4, -0.2) is 29.8 Å². The lowest BCUT2D eigenvalue weighted by molar-refractivity contribution is -0.143. The number of halogens is 6. The fourth-order valence-electron chi connectivity index (χ4n) is 3.25. The van der Waals surface area contributed by atoms with Gasteiger partial charge >= 0.3 is 12.4 Å². The molecule has 0 spiro atoms. The summed E-state index contributed by atoms with van der Waals surface area (Å²) in [5.74, 6) is -1.14. The van der Waals surface area contributed by atoms with Crippen LogP contribution in [0.3, 0.4) is 0 Å². The van der Waals surface area contributed by atoms with Gasteiger partial charge in [-0.3, -0.25) is 9.59 Å². The molecule has 1 heterocycles. The van der Waals surface area contributed by atoms with E-state index in [2.05, 4.69) is 5.32 Å². The standard InChI is InChI=1S/C21H18F6N2O2/c22-20(23,24)15-10-14(11-16(12-15)21(25,26)27)19(31)28-17-5-3-13(4-6-17)9-18(30)29-7-1-2-8-29/h3-6,10-12H,1-2,7-9H2,(H,28,31). The van der Waals surface area contributed by atoms with E-state index in [-0.39, 0.29) is 24.1 Å². The minimum atomic E-state index is -5.04. The number of nitrogens with one attached hydrogen (secondary N) is 1. The first-order valence-electron chi connectivity index (χ1n) is 9.41. The van der Waals surface area contributed by atoms with Gasteiger partial charge < -0.3 is 10.2 Å². The number of rotatable bonds is 4. The number of likely N-dealkylation sites (tertiary alicyclic amines) is 1. The molecular formula is C21H18F6N2O2. The normalized spacial score (nSPS) is 14.6. The third-order valence-electron chi connectivity index (χ3n) is 4.88. The number of carbonyl (C=O) groups excluding carboxylic acids is 2. The van der Waals surface area contributed by atoms with Gasteiger partial charge in [0.15, 0.2) is 0 Å². The average Bonchev–Trinajstić information content (AvgIpc) is 3.23. The van der Waals surface area contributed by atoms with Gasteiger partial charge in [-0.15, -0.1) is 0 Å². The van der Waals surface area contributed by atoms with Crippen molar-refractivity contribution >= 4 is 17.5 Å². The van der Waals surface area contributed by atoms with E-state index in [1.807, 2.05) is 0 Å². The number of carbonyl (C=O) groups is 2. The molecule has 4 nitrogen and oxygen atoms in total. The quantitative estimate of drug-likeness (QED) is 0.664. The molecule has 166 valence electrons. The molecule has 31 heavy (non-hydrogen) atoms. The predicted molar refractivity (Wildman–Crippen MR) is 100 cm³/mol. The Morgan fingerprint density at radius 1 is 0.839 bits per heavy atom. The largest absolute Gasteiger partial charge is 0.416 e. The van der Waals surface area contributed by atoms with Gasteiger partial charge in [-0.05, 0) is 48.7 Å². The summed E-state index contributed by atoms with van der Waals surface area (Å²) in [7, 11) is 0. The highest BCUT2D eigenvalue weighted by Gasteiger charge is 2.37. The molecule has 0 bridgehead atoms. The maximum absolute atomic E-state index is 13.0. The molecule has 0 unspecified atom stereocenters. The summed E-state index contributed by atoms with van der Waals surface area (Å²) in [5, 5.41) is 2.28. The van der Waals surface area contributed by atoms with Crippen LogP contribution in [0.5, 0.6) is 0 Å². The second-order valence-corrected chi connectivity index (χ2v) is 7.21.